The fourth-order valence-corrected chi connectivity index (χ4v) is 4.07. The normalized spacial score (nSPS) is 15.5. The molecule has 30 heavy (non-hydrogen) atoms. The van der Waals surface area contributed by atoms with Crippen LogP contribution in [0.1, 0.15) is 41.1 Å². The van der Waals surface area contributed by atoms with Gasteiger partial charge in [-0.15, -0.1) is 0 Å². The number of hydrogen-bond donors (Lipinski definition) is 3. The molecule has 0 saturated carbocycles. The Kier molecular flexibility index (Phi) is 8.02. The number of aryl methyl sites for hydroxylation is 1. The number of amides is 1. The van der Waals surface area contributed by atoms with Crippen LogP contribution in [0.15, 0.2) is 48.5 Å². The summed E-state index contributed by atoms with van der Waals surface area (Å²) in [6, 6.07) is 14.8. The first kappa shape index (κ1) is 22.0. The summed E-state index contributed by atoms with van der Waals surface area (Å²) in [5, 5.41) is 18.0. The van der Waals surface area contributed by atoms with E-state index in [1.807, 2.05) is 18.2 Å². The lowest BCUT2D eigenvalue weighted by Gasteiger charge is -2.29. The second-order valence-corrected chi connectivity index (χ2v) is 7.53. The quantitative estimate of drug-likeness (QED) is 0.319. The summed E-state index contributed by atoms with van der Waals surface area (Å²) in [4.78, 5) is 13.7. The number of fused-ring (bicyclic) bond motifs is 1. The fraction of sp³-hybridized carbons (Fsp3) is 0.375. The van der Waals surface area contributed by atoms with Gasteiger partial charge in [-0.05, 0) is 66.1 Å². The maximum absolute atomic E-state index is 11.2. The van der Waals surface area contributed by atoms with Gasteiger partial charge >= 0.3 is 0 Å². The monoisotopic (exact) mass is 410 g/mol. The summed E-state index contributed by atoms with van der Waals surface area (Å²) >= 11 is 0. The third-order valence-electron chi connectivity index (χ3n) is 5.64. The van der Waals surface area contributed by atoms with Crippen LogP contribution in [0.3, 0.4) is 0 Å². The lowest BCUT2D eigenvalue weighted by Crippen LogP contribution is -2.31. The Morgan fingerprint density at radius 2 is 2.03 bits per heavy atom. The topological polar surface area (TPSA) is 82.0 Å². The van der Waals surface area contributed by atoms with Gasteiger partial charge < -0.3 is 9.84 Å². The molecule has 0 radical (unpaired) electrons. The van der Waals surface area contributed by atoms with E-state index in [4.69, 9.17) is 9.94 Å². The molecule has 0 unspecified atom stereocenters. The number of carbonyl (C=O) groups excluding carboxylic acids is 1. The lowest BCUT2D eigenvalue weighted by atomic mass is 10.0. The van der Waals surface area contributed by atoms with Crippen LogP contribution in [-0.2, 0) is 17.6 Å². The highest BCUT2D eigenvalue weighted by molar-refractivity contribution is 5.90. The van der Waals surface area contributed by atoms with Crippen LogP contribution >= 0.6 is 0 Å². The van der Waals surface area contributed by atoms with Crippen LogP contribution < -0.4 is 10.2 Å². The van der Waals surface area contributed by atoms with Crippen LogP contribution in [0.4, 0.5) is 0 Å². The van der Waals surface area contributed by atoms with E-state index < -0.39 is 5.91 Å². The maximum atomic E-state index is 11.2. The van der Waals surface area contributed by atoms with Gasteiger partial charge in [0.15, 0.2) is 0 Å². The second kappa shape index (κ2) is 10.9. The molecule has 160 valence electrons. The fourth-order valence-electron chi connectivity index (χ4n) is 4.07. The molecule has 0 heterocycles. The molecular weight excluding hydrogens is 380 g/mol. The van der Waals surface area contributed by atoms with Crippen molar-refractivity contribution < 1.29 is 19.8 Å². The Balaban J connectivity index is 1.70. The molecule has 0 bridgehead atoms. The van der Waals surface area contributed by atoms with Crippen LogP contribution in [0, 0.1) is 0 Å². The molecule has 6 nitrogen and oxygen atoms in total. The molecule has 3 rings (SSSR count). The van der Waals surface area contributed by atoms with Gasteiger partial charge in [0.1, 0.15) is 5.75 Å². The van der Waals surface area contributed by atoms with Gasteiger partial charge in [0.25, 0.3) is 5.91 Å². The van der Waals surface area contributed by atoms with Crippen molar-refractivity contribution >= 4 is 12.0 Å². The zero-order chi connectivity index (χ0) is 21.3. The Bertz CT molecular complexity index is 864. The molecule has 1 amide bonds. The van der Waals surface area contributed by atoms with E-state index in [0.717, 1.165) is 50.1 Å². The third-order valence-corrected chi connectivity index (χ3v) is 5.64. The third kappa shape index (κ3) is 5.69. The van der Waals surface area contributed by atoms with Gasteiger partial charge in [0, 0.05) is 31.8 Å². The van der Waals surface area contributed by atoms with Crippen molar-refractivity contribution in [1.29, 1.82) is 0 Å². The molecule has 0 aliphatic heterocycles. The van der Waals surface area contributed by atoms with Crippen molar-refractivity contribution in [3.63, 3.8) is 0 Å². The first-order valence-corrected chi connectivity index (χ1v) is 10.4. The van der Waals surface area contributed by atoms with Crippen molar-refractivity contribution in [2.45, 2.75) is 31.7 Å². The Morgan fingerprint density at radius 1 is 1.23 bits per heavy atom. The number of aliphatic hydroxyl groups excluding tert-OH is 1. The summed E-state index contributed by atoms with van der Waals surface area (Å²) in [7, 11) is 1.67. The molecule has 1 atom stereocenters. The van der Waals surface area contributed by atoms with E-state index in [9.17, 15) is 9.90 Å². The van der Waals surface area contributed by atoms with E-state index in [0.29, 0.717) is 6.04 Å². The first-order chi connectivity index (χ1) is 14.6. The Hall–Kier alpha value is -2.67. The van der Waals surface area contributed by atoms with Gasteiger partial charge in [-0.3, -0.25) is 14.9 Å². The van der Waals surface area contributed by atoms with Gasteiger partial charge in [-0.2, -0.15) is 0 Å². The minimum absolute atomic E-state index is 0.190. The maximum Gasteiger partial charge on any atom is 0.267 e. The van der Waals surface area contributed by atoms with E-state index >= 15 is 0 Å². The number of benzene rings is 2. The Morgan fingerprint density at radius 3 is 2.73 bits per heavy atom. The van der Waals surface area contributed by atoms with Gasteiger partial charge in [-0.1, -0.05) is 30.3 Å². The predicted molar refractivity (Wildman–Crippen MR) is 116 cm³/mol. The van der Waals surface area contributed by atoms with Crippen molar-refractivity contribution in [2.24, 2.45) is 0 Å². The zero-order valence-corrected chi connectivity index (χ0v) is 17.4. The van der Waals surface area contributed by atoms with E-state index in [1.54, 1.807) is 18.7 Å². The van der Waals surface area contributed by atoms with Crippen molar-refractivity contribution in [3.8, 4) is 5.75 Å². The van der Waals surface area contributed by atoms with Crippen LogP contribution in [0.5, 0.6) is 5.75 Å². The molecule has 2 aromatic rings. The molecule has 6 heteroatoms. The number of nitrogens with one attached hydrogen (secondary N) is 1. The minimum atomic E-state index is -0.540. The summed E-state index contributed by atoms with van der Waals surface area (Å²) in [6.07, 6.45) is 6.76. The standard InChI is InChI=1S/C24H30N2O4/c1-30-21-8-3-18(4-9-21)13-15-26(14-2-16-27)23-11-7-20-17-19(5-10-22(20)23)6-12-24(28)25-29/h3-6,8-10,12,17,23,27,29H,2,7,11,13-16H2,1H3,(H,25,28)/t23-/m0/s1. The van der Waals surface area contributed by atoms with Crippen molar-refractivity contribution in [2.75, 3.05) is 26.8 Å². The lowest BCUT2D eigenvalue weighted by molar-refractivity contribution is -0.124. The van der Waals surface area contributed by atoms with Gasteiger partial charge in [-0.25, -0.2) is 5.48 Å². The number of nitrogens with zero attached hydrogens (tertiary/aromatic N) is 1. The predicted octanol–water partition coefficient (Wildman–Crippen LogP) is 3.13. The SMILES string of the molecule is COc1ccc(CCN(CCCO)[C@H]2CCc3cc(C=CC(=O)NO)ccc32)cc1. The number of rotatable bonds is 10. The van der Waals surface area contributed by atoms with Crippen LogP contribution in [-0.4, -0.2) is 47.9 Å². The molecule has 3 N–H and O–H groups in total. The number of carbonyl (C=O) groups is 1. The van der Waals surface area contributed by atoms with E-state index in [1.165, 1.54) is 22.8 Å². The van der Waals surface area contributed by atoms with Gasteiger partial charge in [0.05, 0.1) is 7.11 Å². The highest BCUT2D eigenvalue weighted by Crippen LogP contribution is 2.36. The number of methoxy groups -OCH3 is 1. The highest BCUT2D eigenvalue weighted by Gasteiger charge is 2.27. The van der Waals surface area contributed by atoms with E-state index in [-0.39, 0.29) is 6.61 Å². The molecule has 0 aromatic heterocycles. The summed E-state index contributed by atoms with van der Waals surface area (Å²) in [6.45, 7) is 1.97. The second-order valence-electron chi connectivity index (χ2n) is 7.53. The van der Waals surface area contributed by atoms with E-state index in [2.05, 4.69) is 29.2 Å². The molecule has 1 aliphatic rings. The average molecular weight is 411 g/mol. The van der Waals surface area contributed by atoms with Crippen molar-refractivity contribution in [1.82, 2.24) is 10.4 Å². The van der Waals surface area contributed by atoms with Crippen molar-refractivity contribution in [3.05, 3.63) is 70.8 Å². The zero-order valence-electron chi connectivity index (χ0n) is 17.4. The van der Waals surface area contributed by atoms with Gasteiger partial charge in [0.2, 0.25) is 0 Å². The smallest absolute Gasteiger partial charge is 0.267 e. The first-order valence-electron chi connectivity index (χ1n) is 10.4. The molecule has 0 spiro atoms. The number of ether oxygens (including phenoxy) is 1. The molecule has 1 aliphatic carbocycles. The molecular formula is C24H30N2O4. The summed E-state index contributed by atoms with van der Waals surface area (Å²) in [5.41, 5.74) is 6.44. The number of hydroxylamine groups is 1. The number of aliphatic hydroxyl groups is 1. The Labute approximate surface area is 177 Å². The van der Waals surface area contributed by atoms with Crippen LogP contribution in [0.2, 0.25) is 0 Å². The molecule has 0 fully saturated rings. The number of hydrogen-bond acceptors (Lipinski definition) is 5. The minimum Gasteiger partial charge on any atom is -0.497 e. The largest absolute Gasteiger partial charge is 0.497 e. The molecule has 2 aromatic carbocycles. The highest BCUT2D eigenvalue weighted by atomic mass is 16.5. The van der Waals surface area contributed by atoms with Crippen LogP contribution in [0.25, 0.3) is 6.08 Å². The average Bonchev–Trinajstić information content (AvgIpc) is 3.21. The summed E-state index contributed by atoms with van der Waals surface area (Å²) in [5.74, 6) is 0.323. The molecule has 0 saturated heterocycles. The summed E-state index contributed by atoms with van der Waals surface area (Å²) < 4.78 is 5.24.